The molecule has 1 saturated carbocycles. The van der Waals surface area contributed by atoms with Gasteiger partial charge in [0.05, 0.1) is 11.3 Å². The number of carbonyl (C=O) groups excluding carboxylic acids is 1. The van der Waals surface area contributed by atoms with E-state index < -0.39 is 10.0 Å². The molecule has 4 rings (SSSR count). The second kappa shape index (κ2) is 4.80. The first-order chi connectivity index (χ1) is 10.5. The standard InChI is InChI=1S/C16H20N2O3S/c1-17-14-7-6-13(9-12(14)10-16(17)19)22(20,21)18-8-2-3-15(18)11-4-5-11/h6-7,9,11,15H,2-5,8,10H2,1H3. The molecule has 1 unspecified atom stereocenters. The normalized spacial score (nSPS) is 25.8. The van der Waals surface area contributed by atoms with Crippen LogP contribution < -0.4 is 4.90 Å². The highest BCUT2D eigenvalue weighted by Crippen LogP contribution is 2.42. The zero-order chi connectivity index (χ0) is 15.5. The van der Waals surface area contributed by atoms with Crippen molar-refractivity contribution in [1.82, 2.24) is 4.31 Å². The van der Waals surface area contributed by atoms with Crippen molar-refractivity contribution in [1.29, 1.82) is 0 Å². The van der Waals surface area contributed by atoms with Gasteiger partial charge in [0.25, 0.3) is 0 Å². The predicted octanol–water partition coefficient (Wildman–Crippen LogP) is 1.77. The molecule has 5 nitrogen and oxygen atoms in total. The molecule has 1 aromatic rings. The molecule has 0 spiro atoms. The van der Waals surface area contributed by atoms with Crippen LogP contribution in [0.5, 0.6) is 0 Å². The molecule has 0 aromatic heterocycles. The fourth-order valence-corrected chi connectivity index (χ4v) is 5.56. The summed E-state index contributed by atoms with van der Waals surface area (Å²) in [6.07, 6.45) is 4.53. The maximum Gasteiger partial charge on any atom is 0.243 e. The van der Waals surface area contributed by atoms with Gasteiger partial charge in [-0.2, -0.15) is 4.31 Å². The zero-order valence-electron chi connectivity index (χ0n) is 12.7. The van der Waals surface area contributed by atoms with E-state index in [1.165, 1.54) is 0 Å². The molecule has 6 heteroatoms. The predicted molar refractivity (Wildman–Crippen MR) is 83.2 cm³/mol. The van der Waals surface area contributed by atoms with Crippen LogP contribution in [0.1, 0.15) is 31.2 Å². The molecule has 2 aliphatic heterocycles. The van der Waals surface area contributed by atoms with E-state index in [0.717, 1.165) is 36.9 Å². The van der Waals surface area contributed by atoms with Crippen LogP contribution in [0.2, 0.25) is 0 Å². The molecule has 0 radical (unpaired) electrons. The van der Waals surface area contributed by atoms with Gasteiger partial charge in [-0.15, -0.1) is 0 Å². The Bertz CT molecular complexity index is 740. The maximum absolute atomic E-state index is 13.0. The first kappa shape index (κ1) is 14.2. The number of sulfonamides is 1. The summed E-state index contributed by atoms with van der Waals surface area (Å²) in [5.74, 6) is 0.570. The average molecular weight is 320 g/mol. The molecule has 1 atom stereocenters. The second-order valence-electron chi connectivity index (χ2n) is 6.58. The molecule has 1 amide bonds. The Hall–Kier alpha value is -1.40. The summed E-state index contributed by atoms with van der Waals surface area (Å²) in [7, 11) is -1.72. The Morgan fingerprint density at radius 1 is 1.18 bits per heavy atom. The van der Waals surface area contributed by atoms with Crippen LogP contribution in [-0.4, -0.2) is 38.3 Å². The number of rotatable bonds is 3. The molecule has 3 aliphatic rings. The summed E-state index contributed by atoms with van der Waals surface area (Å²) in [6.45, 7) is 0.624. The van der Waals surface area contributed by atoms with Gasteiger partial charge in [-0.3, -0.25) is 4.79 Å². The van der Waals surface area contributed by atoms with E-state index in [0.29, 0.717) is 23.8 Å². The number of anilines is 1. The van der Waals surface area contributed by atoms with Crippen LogP contribution in [-0.2, 0) is 21.2 Å². The monoisotopic (exact) mass is 320 g/mol. The Morgan fingerprint density at radius 2 is 1.95 bits per heavy atom. The molecule has 2 fully saturated rings. The number of carbonyl (C=O) groups is 1. The van der Waals surface area contributed by atoms with Crippen molar-refractivity contribution in [3.8, 4) is 0 Å². The quantitative estimate of drug-likeness (QED) is 0.853. The Kier molecular flexibility index (Phi) is 3.10. The minimum Gasteiger partial charge on any atom is -0.315 e. The highest BCUT2D eigenvalue weighted by molar-refractivity contribution is 7.89. The van der Waals surface area contributed by atoms with Gasteiger partial charge in [0, 0.05) is 25.3 Å². The zero-order valence-corrected chi connectivity index (χ0v) is 13.5. The van der Waals surface area contributed by atoms with Crippen molar-refractivity contribution >= 4 is 21.6 Å². The molecule has 22 heavy (non-hydrogen) atoms. The molecule has 118 valence electrons. The third kappa shape index (κ3) is 2.08. The average Bonchev–Trinajstić information content (AvgIpc) is 3.14. The molecule has 1 aromatic carbocycles. The largest absolute Gasteiger partial charge is 0.315 e. The fraction of sp³-hybridized carbons (Fsp3) is 0.562. The van der Waals surface area contributed by atoms with Gasteiger partial charge in [0.1, 0.15) is 0 Å². The van der Waals surface area contributed by atoms with Gasteiger partial charge in [0.15, 0.2) is 0 Å². The molecule has 0 bridgehead atoms. The Morgan fingerprint density at radius 3 is 2.68 bits per heavy atom. The number of amides is 1. The topological polar surface area (TPSA) is 57.7 Å². The van der Waals surface area contributed by atoms with E-state index in [1.807, 2.05) is 0 Å². The van der Waals surface area contributed by atoms with E-state index in [-0.39, 0.29) is 11.9 Å². The fourth-order valence-electron chi connectivity index (χ4n) is 3.76. The Balaban J connectivity index is 1.69. The van der Waals surface area contributed by atoms with Crippen LogP contribution >= 0.6 is 0 Å². The minimum atomic E-state index is -3.45. The van der Waals surface area contributed by atoms with E-state index >= 15 is 0 Å². The number of hydrogen-bond acceptors (Lipinski definition) is 3. The summed E-state index contributed by atoms with van der Waals surface area (Å²) in [5, 5.41) is 0. The van der Waals surface area contributed by atoms with Gasteiger partial charge in [0.2, 0.25) is 15.9 Å². The minimum absolute atomic E-state index is 0.0153. The summed E-state index contributed by atoms with van der Waals surface area (Å²) in [6, 6.07) is 5.28. The summed E-state index contributed by atoms with van der Waals surface area (Å²) < 4.78 is 27.6. The van der Waals surface area contributed by atoms with Gasteiger partial charge in [-0.05, 0) is 55.4 Å². The summed E-state index contributed by atoms with van der Waals surface area (Å²) in [5.41, 5.74) is 1.64. The van der Waals surface area contributed by atoms with E-state index in [9.17, 15) is 13.2 Å². The van der Waals surface area contributed by atoms with Crippen LogP contribution in [0.4, 0.5) is 5.69 Å². The van der Waals surface area contributed by atoms with Crippen LogP contribution in [0.25, 0.3) is 0 Å². The SMILES string of the molecule is CN1C(=O)Cc2cc(S(=O)(=O)N3CCCC3C3CC3)ccc21. The molecule has 1 aliphatic carbocycles. The third-order valence-corrected chi connectivity index (χ3v) is 7.07. The van der Waals surface area contributed by atoms with E-state index in [4.69, 9.17) is 0 Å². The molecule has 1 saturated heterocycles. The molecular formula is C16H20N2O3S. The van der Waals surface area contributed by atoms with Crippen molar-refractivity contribution in [3.05, 3.63) is 23.8 Å². The third-order valence-electron chi connectivity index (χ3n) is 5.15. The molecular weight excluding hydrogens is 300 g/mol. The van der Waals surface area contributed by atoms with Gasteiger partial charge in [-0.25, -0.2) is 8.42 Å². The number of hydrogen-bond donors (Lipinski definition) is 0. The lowest BCUT2D eigenvalue weighted by Gasteiger charge is -2.24. The smallest absolute Gasteiger partial charge is 0.243 e. The number of benzene rings is 1. The number of likely N-dealkylation sites (N-methyl/N-ethyl adjacent to an activating group) is 1. The van der Waals surface area contributed by atoms with Crippen LogP contribution in [0.15, 0.2) is 23.1 Å². The number of nitrogens with zero attached hydrogens (tertiary/aromatic N) is 2. The van der Waals surface area contributed by atoms with Gasteiger partial charge in [-0.1, -0.05) is 0 Å². The van der Waals surface area contributed by atoms with E-state index in [2.05, 4.69) is 0 Å². The maximum atomic E-state index is 13.0. The second-order valence-corrected chi connectivity index (χ2v) is 8.47. The lowest BCUT2D eigenvalue weighted by molar-refractivity contribution is -0.117. The van der Waals surface area contributed by atoms with Crippen LogP contribution in [0.3, 0.4) is 0 Å². The summed E-state index contributed by atoms with van der Waals surface area (Å²) in [4.78, 5) is 13.7. The van der Waals surface area contributed by atoms with Gasteiger partial charge < -0.3 is 4.90 Å². The molecule has 0 N–H and O–H groups in total. The van der Waals surface area contributed by atoms with Crippen molar-refractivity contribution in [2.24, 2.45) is 5.92 Å². The summed E-state index contributed by atoms with van der Waals surface area (Å²) >= 11 is 0. The van der Waals surface area contributed by atoms with Crippen molar-refractivity contribution in [2.75, 3.05) is 18.5 Å². The highest BCUT2D eigenvalue weighted by atomic mass is 32.2. The first-order valence-corrected chi connectivity index (χ1v) is 9.34. The van der Waals surface area contributed by atoms with Crippen LogP contribution in [0, 0.1) is 5.92 Å². The lowest BCUT2D eigenvalue weighted by atomic mass is 10.1. The first-order valence-electron chi connectivity index (χ1n) is 7.90. The van der Waals surface area contributed by atoms with Crippen molar-refractivity contribution in [2.45, 2.75) is 43.0 Å². The van der Waals surface area contributed by atoms with E-state index in [1.54, 1.807) is 34.5 Å². The highest BCUT2D eigenvalue weighted by Gasteiger charge is 2.43. The number of fused-ring (bicyclic) bond motifs is 1. The molecule has 2 heterocycles. The van der Waals surface area contributed by atoms with Crippen molar-refractivity contribution < 1.29 is 13.2 Å². The lowest BCUT2D eigenvalue weighted by Crippen LogP contribution is -2.36. The van der Waals surface area contributed by atoms with Gasteiger partial charge >= 0.3 is 0 Å². The Labute approximate surface area is 131 Å². The van der Waals surface area contributed by atoms with Crippen molar-refractivity contribution in [3.63, 3.8) is 0 Å².